The molecule has 0 unspecified atom stereocenters. The average Bonchev–Trinajstić information content (AvgIpc) is 2.46. The first kappa shape index (κ1) is 14.5. The fourth-order valence-electron chi connectivity index (χ4n) is 2.10. The number of benzene rings is 1. The van der Waals surface area contributed by atoms with Crippen molar-refractivity contribution in [2.24, 2.45) is 5.73 Å². The van der Waals surface area contributed by atoms with Gasteiger partial charge in [-0.15, -0.1) is 0 Å². The summed E-state index contributed by atoms with van der Waals surface area (Å²) in [6, 6.07) is 12.1. The van der Waals surface area contributed by atoms with Crippen molar-refractivity contribution >= 4 is 0 Å². The smallest absolute Gasteiger partial charge is 0.219 e. The first-order valence-corrected chi connectivity index (χ1v) is 7.15. The number of nitrogens with two attached hydrogens (primary N) is 1. The van der Waals surface area contributed by atoms with Crippen LogP contribution in [0.15, 0.2) is 36.4 Å². The highest BCUT2D eigenvalue weighted by atomic mass is 16.5. The number of aromatic nitrogens is 1. The molecule has 0 spiro atoms. The summed E-state index contributed by atoms with van der Waals surface area (Å²) in [5, 5.41) is 0. The van der Waals surface area contributed by atoms with Crippen molar-refractivity contribution in [2.75, 3.05) is 0 Å². The van der Waals surface area contributed by atoms with Gasteiger partial charge >= 0.3 is 0 Å². The Morgan fingerprint density at radius 3 is 2.50 bits per heavy atom. The highest BCUT2D eigenvalue weighted by Gasteiger charge is 2.02. The highest BCUT2D eigenvalue weighted by Crippen LogP contribution is 2.22. The Balaban J connectivity index is 2.07. The molecule has 2 N–H and O–H groups in total. The quantitative estimate of drug-likeness (QED) is 0.863. The van der Waals surface area contributed by atoms with Crippen LogP contribution in [0.1, 0.15) is 36.6 Å². The molecule has 0 aliphatic heterocycles. The van der Waals surface area contributed by atoms with E-state index in [1.54, 1.807) is 0 Å². The van der Waals surface area contributed by atoms with E-state index in [2.05, 4.69) is 24.0 Å². The predicted octanol–water partition coefficient (Wildman–Crippen LogP) is 3.98. The monoisotopic (exact) mass is 270 g/mol. The lowest BCUT2D eigenvalue weighted by atomic mass is 10.1. The Kier molecular flexibility index (Phi) is 5.13. The minimum atomic E-state index is 0.496. The van der Waals surface area contributed by atoms with E-state index in [-0.39, 0.29) is 0 Å². The molecular weight excluding hydrogens is 248 g/mol. The Morgan fingerprint density at radius 1 is 1.10 bits per heavy atom. The summed E-state index contributed by atoms with van der Waals surface area (Å²) in [4.78, 5) is 4.37. The molecule has 1 heterocycles. The molecule has 1 aromatic carbocycles. The van der Waals surface area contributed by atoms with Crippen molar-refractivity contribution < 1.29 is 4.74 Å². The Morgan fingerprint density at radius 2 is 1.85 bits per heavy atom. The third kappa shape index (κ3) is 4.07. The molecule has 0 bridgehead atoms. The first-order chi connectivity index (χ1) is 9.71. The molecule has 0 saturated carbocycles. The lowest BCUT2D eigenvalue weighted by Gasteiger charge is -2.08. The zero-order valence-corrected chi connectivity index (χ0v) is 12.2. The van der Waals surface area contributed by atoms with Crippen molar-refractivity contribution in [2.45, 2.75) is 39.7 Å². The van der Waals surface area contributed by atoms with E-state index < -0.39 is 0 Å². The zero-order chi connectivity index (χ0) is 14.4. The molecule has 3 nitrogen and oxygen atoms in total. The SMILES string of the molecule is CCCCc1ccc(Oc2cc(CN)cc(C)n2)cc1. The van der Waals surface area contributed by atoms with Gasteiger partial charge in [0.15, 0.2) is 0 Å². The molecule has 0 aliphatic rings. The second kappa shape index (κ2) is 7.06. The van der Waals surface area contributed by atoms with Crippen LogP contribution in [-0.2, 0) is 13.0 Å². The fraction of sp³-hybridized carbons (Fsp3) is 0.353. The van der Waals surface area contributed by atoms with Crippen molar-refractivity contribution in [1.82, 2.24) is 4.98 Å². The van der Waals surface area contributed by atoms with Gasteiger partial charge in [-0.2, -0.15) is 0 Å². The second-order valence-electron chi connectivity index (χ2n) is 5.01. The van der Waals surface area contributed by atoms with Crippen molar-refractivity contribution in [3.8, 4) is 11.6 Å². The summed E-state index contributed by atoms with van der Waals surface area (Å²) in [5.41, 5.74) is 8.96. The maximum absolute atomic E-state index is 5.79. The van der Waals surface area contributed by atoms with E-state index in [4.69, 9.17) is 10.5 Å². The van der Waals surface area contributed by atoms with Crippen LogP contribution in [0.2, 0.25) is 0 Å². The second-order valence-corrected chi connectivity index (χ2v) is 5.01. The van der Waals surface area contributed by atoms with E-state index in [1.807, 2.05) is 31.2 Å². The van der Waals surface area contributed by atoms with Gasteiger partial charge in [0.1, 0.15) is 5.75 Å². The van der Waals surface area contributed by atoms with E-state index in [0.29, 0.717) is 12.4 Å². The third-order valence-corrected chi connectivity index (χ3v) is 3.19. The number of unbranched alkanes of at least 4 members (excludes halogenated alkanes) is 1. The van der Waals surface area contributed by atoms with Crippen LogP contribution >= 0.6 is 0 Å². The molecule has 2 aromatic rings. The molecule has 0 radical (unpaired) electrons. The van der Waals surface area contributed by atoms with Gasteiger partial charge in [0.05, 0.1) is 0 Å². The summed E-state index contributed by atoms with van der Waals surface area (Å²) < 4.78 is 5.79. The van der Waals surface area contributed by atoms with Crippen LogP contribution < -0.4 is 10.5 Å². The number of pyridine rings is 1. The summed E-state index contributed by atoms with van der Waals surface area (Å²) in [7, 11) is 0. The molecule has 20 heavy (non-hydrogen) atoms. The van der Waals surface area contributed by atoms with Crippen LogP contribution in [0.25, 0.3) is 0 Å². The van der Waals surface area contributed by atoms with Gasteiger partial charge in [0.25, 0.3) is 0 Å². The van der Waals surface area contributed by atoms with Gasteiger partial charge in [0.2, 0.25) is 5.88 Å². The third-order valence-electron chi connectivity index (χ3n) is 3.19. The predicted molar refractivity (Wildman–Crippen MR) is 82.0 cm³/mol. The summed E-state index contributed by atoms with van der Waals surface area (Å²) in [6.45, 7) is 4.64. The number of hydrogen-bond acceptors (Lipinski definition) is 3. The van der Waals surface area contributed by atoms with E-state index in [9.17, 15) is 0 Å². The highest BCUT2D eigenvalue weighted by molar-refractivity contribution is 5.32. The molecule has 0 atom stereocenters. The van der Waals surface area contributed by atoms with Crippen LogP contribution in [0, 0.1) is 6.92 Å². The van der Waals surface area contributed by atoms with Gasteiger partial charge in [-0.3, -0.25) is 0 Å². The van der Waals surface area contributed by atoms with Gasteiger partial charge < -0.3 is 10.5 Å². The molecule has 3 heteroatoms. The largest absolute Gasteiger partial charge is 0.439 e. The maximum Gasteiger partial charge on any atom is 0.219 e. The fourth-order valence-corrected chi connectivity index (χ4v) is 2.10. The lowest BCUT2D eigenvalue weighted by Crippen LogP contribution is -1.99. The number of rotatable bonds is 6. The van der Waals surface area contributed by atoms with Crippen LogP contribution in [-0.4, -0.2) is 4.98 Å². The molecule has 2 rings (SSSR count). The van der Waals surface area contributed by atoms with E-state index in [0.717, 1.165) is 23.4 Å². The lowest BCUT2D eigenvalue weighted by molar-refractivity contribution is 0.460. The maximum atomic E-state index is 5.79. The molecule has 0 saturated heterocycles. The van der Waals surface area contributed by atoms with Crippen LogP contribution in [0.4, 0.5) is 0 Å². The molecule has 106 valence electrons. The van der Waals surface area contributed by atoms with E-state index in [1.165, 1.54) is 18.4 Å². The first-order valence-electron chi connectivity index (χ1n) is 7.15. The van der Waals surface area contributed by atoms with Gasteiger partial charge in [0, 0.05) is 18.3 Å². The Bertz CT molecular complexity index is 549. The average molecular weight is 270 g/mol. The number of nitrogens with zero attached hydrogens (tertiary/aromatic N) is 1. The number of ether oxygens (including phenoxy) is 1. The normalized spacial score (nSPS) is 10.6. The van der Waals surface area contributed by atoms with Crippen molar-refractivity contribution in [3.63, 3.8) is 0 Å². The zero-order valence-electron chi connectivity index (χ0n) is 12.2. The Hall–Kier alpha value is -1.87. The summed E-state index contributed by atoms with van der Waals surface area (Å²) >= 11 is 0. The van der Waals surface area contributed by atoms with Crippen molar-refractivity contribution in [3.05, 3.63) is 53.2 Å². The van der Waals surface area contributed by atoms with E-state index >= 15 is 0 Å². The minimum Gasteiger partial charge on any atom is -0.439 e. The summed E-state index contributed by atoms with van der Waals surface area (Å²) in [5.74, 6) is 1.41. The standard InChI is InChI=1S/C17H22N2O/c1-3-4-5-14-6-8-16(9-7-14)20-17-11-15(12-18)10-13(2)19-17/h6-11H,3-5,12,18H2,1-2H3. The number of hydrogen-bond donors (Lipinski definition) is 1. The van der Waals surface area contributed by atoms with Gasteiger partial charge in [-0.25, -0.2) is 4.98 Å². The van der Waals surface area contributed by atoms with Gasteiger partial charge in [-0.05, 0) is 49.1 Å². The molecule has 0 amide bonds. The topological polar surface area (TPSA) is 48.1 Å². The molecular formula is C17H22N2O. The molecule has 0 fully saturated rings. The van der Waals surface area contributed by atoms with Gasteiger partial charge in [-0.1, -0.05) is 25.5 Å². The minimum absolute atomic E-state index is 0.496. The Labute approximate surface area is 120 Å². The molecule has 0 aliphatic carbocycles. The van der Waals surface area contributed by atoms with Crippen molar-refractivity contribution in [1.29, 1.82) is 0 Å². The van der Waals surface area contributed by atoms with Crippen LogP contribution in [0.3, 0.4) is 0 Å². The number of aryl methyl sites for hydroxylation is 2. The van der Waals surface area contributed by atoms with Crippen LogP contribution in [0.5, 0.6) is 11.6 Å². The summed E-state index contributed by atoms with van der Waals surface area (Å²) in [6.07, 6.45) is 3.56. The molecule has 1 aromatic heterocycles.